The van der Waals surface area contributed by atoms with E-state index < -0.39 is 8.25 Å². The van der Waals surface area contributed by atoms with E-state index in [4.69, 9.17) is 14.4 Å². The standard InChI is InChI=1S/C8H8.2H3N.HO3P/c1-2-8-6-4-3-5-7-8;;;1-4(2)3/h2-7H,1H2;2*1H3;(H-,1,2,3)/p+1. The van der Waals surface area contributed by atoms with Crippen molar-refractivity contribution in [2.24, 2.45) is 0 Å². The Morgan fingerprint density at radius 1 is 1.14 bits per heavy atom. The number of rotatable bonds is 1. The molecular formula is C8H16N2O3P+. The van der Waals surface area contributed by atoms with Crippen molar-refractivity contribution in [3.05, 3.63) is 42.5 Å². The van der Waals surface area contributed by atoms with Gasteiger partial charge in [0.05, 0.1) is 0 Å². The summed E-state index contributed by atoms with van der Waals surface area (Å²) in [5.41, 5.74) is 1.17. The predicted octanol–water partition coefficient (Wildman–Crippen LogP) is 2.28. The van der Waals surface area contributed by atoms with Crippen LogP contribution in [0.2, 0.25) is 0 Å². The van der Waals surface area contributed by atoms with Crippen LogP contribution in [0.4, 0.5) is 0 Å². The largest absolute Gasteiger partial charge is 0.692 e. The van der Waals surface area contributed by atoms with Crippen molar-refractivity contribution >= 4 is 14.3 Å². The molecule has 0 unspecified atom stereocenters. The molecule has 1 aromatic carbocycles. The summed E-state index contributed by atoms with van der Waals surface area (Å²) in [7, 11) is -2.87. The van der Waals surface area contributed by atoms with Crippen LogP contribution in [0.5, 0.6) is 0 Å². The third-order valence-electron chi connectivity index (χ3n) is 1.04. The first kappa shape index (κ1) is 18.6. The lowest BCUT2D eigenvalue weighted by Crippen LogP contribution is -1.63. The summed E-state index contributed by atoms with van der Waals surface area (Å²) in [4.78, 5) is 14.2. The smallest absolute Gasteiger partial charge is 0.344 e. The van der Waals surface area contributed by atoms with Crippen LogP contribution in [0.3, 0.4) is 0 Å². The van der Waals surface area contributed by atoms with Gasteiger partial charge < -0.3 is 12.3 Å². The summed E-state index contributed by atoms with van der Waals surface area (Å²) in [6.45, 7) is 3.63. The fourth-order valence-electron chi connectivity index (χ4n) is 0.589. The highest BCUT2D eigenvalue weighted by Gasteiger charge is 1.93. The van der Waals surface area contributed by atoms with Gasteiger partial charge >= 0.3 is 8.25 Å². The number of hydrogen-bond donors (Lipinski definition) is 4. The summed E-state index contributed by atoms with van der Waals surface area (Å²) in [6.07, 6.45) is 1.83. The monoisotopic (exact) mass is 219 g/mol. The first-order valence-corrected chi connectivity index (χ1v) is 4.36. The van der Waals surface area contributed by atoms with Crippen molar-refractivity contribution in [2.75, 3.05) is 0 Å². The van der Waals surface area contributed by atoms with Crippen molar-refractivity contribution < 1.29 is 14.4 Å². The molecule has 0 heterocycles. The first-order valence-electron chi connectivity index (χ1n) is 3.19. The molecule has 0 aliphatic rings. The van der Waals surface area contributed by atoms with Crippen molar-refractivity contribution in [1.82, 2.24) is 12.3 Å². The van der Waals surface area contributed by atoms with Crippen LogP contribution in [0.1, 0.15) is 5.56 Å². The molecule has 1 aromatic rings. The maximum absolute atomic E-state index is 8.70. The summed E-state index contributed by atoms with van der Waals surface area (Å²) in [6, 6.07) is 10.0. The lowest BCUT2D eigenvalue weighted by Gasteiger charge is -1.85. The zero-order valence-electron chi connectivity index (χ0n) is 7.84. The second-order valence-electron chi connectivity index (χ2n) is 1.87. The van der Waals surface area contributed by atoms with Gasteiger partial charge in [-0.25, -0.2) is 0 Å². The minimum atomic E-state index is -2.87. The highest BCUT2D eigenvalue weighted by atomic mass is 31.1. The molecule has 80 valence electrons. The van der Waals surface area contributed by atoms with E-state index in [1.807, 2.05) is 36.4 Å². The van der Waals surface area contributed by atoms with Gasteiger partial charge in [-0.2, -0.15) is 0 Å². The van der Waals surface area contributed by atoms with Gasteiger partial charge in [-0.3, -0.25) is 0 Å². The van der Waals surface area contributed by atoms with Crippen LogP contribution in [-0.2, 0) is 4.57 Å². The number of hydrogen-bond acceptors (Lipinski definition) is 3. The van der Waals surface area contributed by atoms with Crippen LogP contribution < -0.4 is 12.3 Å². The van der Waals surface area contributed by atoms with Crippen molar-refractivity contribution in [3.8, 4) is 0 Å². The molecule has 0 saturated carbocycles. The van der Waals surface area contributed by atoms with E-state index in [9.17, 15) is 0 Å². The molecule has 5 nitrogen and oxygen atoms in total. The lowest BCUT2D eigenvalue weighted by molar-refractivity contribution is 0.405. The van der Waals surface area contributed by atoms with E-state index in [1.54, 1.807) is 0 Å². The van der Waals surface area contributed by atoms with Gasteiger partial charge in [0.2, 0.25) is 0 Å². The molecule has 1 rings (SSSR count). The molecule has 0 aromatic heterocycles. The average Bonchev–Trinajstić information content (AvgIpc) is 2.05. The predicted molar refractivity (Wildman–Crippen MR) is 58.6 cm³/mol. The number of benzene rings is 1. The van der Waals surface area contributed by atoms with E-state index in [0.717, 1.165) is 0 Å². The summed E-state index contributed by atoms with van der Waals surface area (Å²) in [5.74, 6) is 0. The third-order valence-corrected chi connectivity index (χ3v) is 1.04. The zero-order valence-corrected chi connectivity index (χ0v) is 8.73. The Morgan fingerprint density at radius 3 is 1.71 bits per heavy atom. The highest BCUT2D eigenvalue weighted by Crippen LogP contribution is 1.98. The van der Waals surface area contributed by atoms with Gasteiger partial charge in [-0.1, -0.05) is 43.0 Å². The average molecular weight is 219 g/mol. The Balaban J connectivity index is -0.000000180. The van der Waals surface area contributed by atoms with Crippen molar-refractivity contribution in [2.45, 2.75) is 0 Å². The molecule has 0 fully saturated rings. The van der Waals surface area contributed by atoms with Gasteiger partial charge in [0, 0.05) is 4.57 Å². The molecule has 8 N–H and O–H groups in total. The van der Waals surface area contributed by atoms with Crippen molar-refractivity contribution in [3.63, 3.8) is 0 Å². The zero-order chi connectivity index (χ0) is 9.40. The van der Waals surface area contributed by atoms with E-state index >= 15 is 0 Å². The SMILES string of the molecule is C=Cc1ccccc1.N.N.O=[P+](O)O. The highest BCUT2D eigenvalue weighted by molar-refractivity contribution is 7.30. The van der Waals surface area contributed by atoms with E-state index in [2.05, 4.69) is 6.58 Å². The van der Waals surface area contributed by atoms with Gasteiger partial charge in [0.15, 0.2) is 0 Å². The quantitative estimate of drug-likeness (QED) is 0.538. The van der Waals surface area contributed by atoms with Crippen LogP contribution in [0.15, 0.2) is 36.9 Å². The lowest BCUT2D eigenvalue weighted by atomic mass is 10.2. The maximum atomic E-state index is 8.70. The Morgan fingerprint density at radius 2 is 1.50 bits per heavy atom. The Kier molecular flexibility index (Phi) is 15.8. The Labute approximate surface area is 84.2 Å². The van der Waals surface area contributed by atoms with E-state index in [0.29, 0.717) is 0 Å². The van der Waals surface area contributed by atoms with Crippen LogP contribution >= 0.6 is 8.25 Å². The summed E-state index contributed by atoms with van der Waals surface area (Å²) in [5, 5.41) is 0. The molecule has 0 bridgehead atoms. The van der Waals surface area contributed by atoms with E-state index in [1.165, 1.54) is 5.56 Å². The van der Waals surface area contributed by atoms with Crippen LogP contribution in [-0.4, -0.2) is 9.79 Å². The van der Waals surface area contributed by atoms with Gasteiger partial charge in [0.25, 0.3) is 0 Å². The fraction of sp³-hybridized carbons (Fsp3) is 0. The van der Waals surface area contributed by atoms with Crippen LogP contribution in [0.25, 0.3) is 6.08 Å². The Hall–Kier alpha value is -1.10. The summed E-state index contributed by atoms with van der Waals surface area (Å²) < 4.78 is 8.70. The molecule has 14 heavy (non-hydrogen) atoms. The van der Waals surface area contributed by atoms with Gasteiger partial charge in [-0.15, -0.1) is 9.79 Å². The van der Waals surface area contributed by atoms with Gasteiger partial charge in [0.1, 0.15) is 0 Å². The molecule has 6 heteroatoms. The molecule has 0 radical (unpaired) electrons. The molecule has 0 atom stereocenters. The molecule has 0 aliphatic heterocycles. The second kappa shape index (κ2) is 11.9. The van der Waals surface area contributed by atoms with Gasteiger partial charge in [-0.05, 0) is 5.56 Å². The molecule has 0 saturated heterocycles. The molecule has 0 spiro atoms. The molecule has 0 aliphatic carbocycles. The fourth-order valence-corrected chi connectivity index (χ4v) is 0.589. The van der Waals surface area contributed by atoms with Crippen LogP contribution in [0, 0.1) is 0 Å². The minimum Gasteiger partial charge on any atom is -0.344 e. The molecular weight excluding hydrogens is 203 g/mol. The third kappa shape index (κ3) is 13.5. The minimum absolute atomic E-state index is 0. The van der Waals surface area contributed by atoms with Crippen molar-refractivity contribution in [1.29, 1.82) is 0 Å². The molecule has 0 amide bonds. The first-order chi connectivity index (χ1) is 5.66. The normalized spacial score (nSPS) is 6.71. The topological polar surface area (TPSA) is 128 Å². The second-order valence-corrected chi connectivity index (χ2v) is 2.37. The van der Waals surface area contributed by atoms with E-state index in [-0.39, 0.29) is 12.3 Å². The Bertz CT molecular complexity index is 250. The maximum Gasteiger partial charge on any atom is 0.692 e. The summed E-state index contributed by atoms with van der Waals surface area (Å²) >= 11 is 0.